The van der Waals surface area contributed by atoms with Gasteiger partial charge < -0.3 is 19.5 Å². The Kier molecular flexibility index (Phi) is 7.87. The summed E-state index contributed by atoms with van der Waals surface area (Å²) in [4.78, 5) is 24.7. The summed E-state index contributed by atoms with van der Waals surface area (Å²) in [6.07, 6.45) is 3.91. The average Bonchev–Trinajstić information content (AvgIpc) is 3.01. The van der Waals surface area contributed by atoms with Gasteiger partial charge in [-0.25, -0.2) is 0 Å². The molecule has 37 heavy (non-hydrogen) atoms. The summed E-state index contributed by atoms with van der Waals surface area (Å²) >= 11 is 6.19. The predicted octanol–water partition coefficient (Wildman–Crippen LogP) is 4.34. The molecule has 2 aromatic rings. The van der Waals surface area contributed by atoms with Crippen molar-refractivity contribution >= 4 is 35.4 Å². The second-order valence-corrected chi connectivity index (χ2v) is 9.88. The smallest absolute Gasteiger partial charge is 0.315 e. The van der Waals surface area contributed by atoms with E-state index in [2.05, 4.69) is 24.8 Å². The number of nitrogens with zero attached hydrogens (tertiary/aromatic N) is 2. The number of phenolic OH excluding ortho intramolecular Hbond substituents is 1. The van der Waals surface area contributed by atoms with Gasteiger partial charge in [0.25, 0.3) is 0 Å². The maximum absolute atomic E-state index is 12.8. The Bertz CT molecular complexity index is 1210. The van der Waals surface area contributed by atoms with Crippen molar-refractivity contribution in [1.82, 2.24) is 4.90 Å². The normalized spacial score (nSPS) is 19.1. The van der Waals surface area contributed by atoms with Crippen molar-refractivity contribution in [2.75, 3.05) is 44.3 Å². The van der Waals surface area contributed by atoms with Gasteiger partial charge in [-0.05, 0) is 49.8 Å². The molecule has 2 aliphatic heterocycles. The van der Waals surface area contributed by atoms with E-state index in [4.69, 9.17) is 21.1 Å². The van der Waals surface area contributed by atoms with Crippen LogP contribution in [-0.2, 0) is 25.6 Å². The van der Waals surface area contributed by atoms with Crippen molar-refractivity contribution < 1.29 is 33.0 Å². The Balaban J connectivity index is 1.55. The van der Waals surface area contributed by atoms with E-state index in [1.165, 1.54) is 0 Å². The van der Waals surface area contributed by atoms with Gasteiger partial charge in [0, 0.05) is 29.9 Å². The van der Waals surface area contributed by atoms with Crippen molar-refractivity contribution in [3.8, 4) is 11.5 Å². The van der Waals surface area contributed by atoms with E-state index < -0.39 is 36.3 Å². The number of fused-ring (bicyclic) bond motifs is 2. The van der Waals surface area contributed by atoms with E-state index in [0.717, 1.165) is 21.7 Å². The molecule has 0 saturated heterocycles. The van der Waals surface area contributed by atoms with Crippen LogP contribution in [0.3, 0.4) is 0 Å². The highest BCUT2D eigenvalue weighted by atomic mass is 35.5. The molecule has 2 heterocycles. The minimum absolute atomic E-state index is 0.0187. The van der Waals surface area contributed by atoms with Crippen LogP contribution in [0.1, 0.15) is 30.5 Å². The van der Waals surface area contributed by atoms with Crippen molar-refractivity contribution in [1.29, 1.82) is 0 Å². The first-order chi connectivity index (χ1) is 17.6. The zero-order valence-electron chi connectivity index (χ0n) is 20.7. The molecule has 0 aliphatic carbocycles. The molecule has 7 nitrogen and oxygen atoms in total. The van der Waals surface area contributed by atoms with Gasteiger partial charge in [-0.15, -0.1) is 11.6 Å². The largest absolute Gasteiger partial charge is 0.508 e. The fourth-order valence-corrected chi connectivity index (χ4v) is 5.37. The first-order valence-corrected chi connectivity index (χ1v) is 12.5. The maximum atomic E-state index is 12.8. The van der Waals surface area contributed by atoms with E-state index in [-0.39, 0.29) is 31.4 Å². The van der Waals surface area contributed by atoms with Gasteiger partial charge in [0.15, 0.2) is 0 Å². The lowest BCUT2D eigenvalue weighted by Gasteiger charge is -2.47. The molecule has 1 unspecified atom stereocenters. The van der Waals surface area contributed by atoms with Crippen LogP contribution in [0, 0.1) is 0 Å². The molecule has 0 saturated carbocycles. The molecule has 0 radical (unpaired) electrons. The molecule has 4 rings (SSSR count). The number of carbonyl (C=O) groups excluding carboxylic acids is 2. The third-order valence-electron chi connectivity index (χ3n) is 6.94. The molecule has 1 N–H and O–H groups in total. The molecule has 1 atom stereocenters. The van der Waals surface area contributed by atoms with Crippen molar-refractivity contribution in [3.63, 3.8) is 0 Å². The molecular weight excluding hydrogens is 506 g/mol. The SMILES string of the molecule is CC1(C)c2ccccc2N(CCOCCN(CC(=O)F)CC(=O)F)C12C=Cc1cc(O)cc(CCl)c1O2. The van der Waals surface area contributed by atoms with Crippen LogP contribution in [0.2, 0.25) is 0 Å². The highest BCUT2D eigenvalue weighted by Crippen LogP contribution is 2.55. The Morgan fingerprint density at radius 2 is 1.84 bits per heavy atom. The molecule has 0 amide bonds. The molecule has 0 fully saturated rings. The minimum Gasteiger partial charge on any atom is -0.508 e. The first kappa shape index (κ1) is 27.0. The Labute approximate surface area is 219 Å². The number of rotatable bonds is 11. The molecule has 0 aromatic heterocycles. The fourth-order valence-electron chi connectivity index (χ4n) is 5.17. The summed E-state index contributed by atoms with van der Waals surface area (Å²) in [6.45, 7) is 3.60. The number of hydrogen-bond acceptors (Lipinski definition) is 7. The maximum Gasteiger partial charge on any atom is 0.315 e. The monoisotopic (exact) mass is 534 g/mol. The minimum atomic E-state index is -1.65. The van der Waals surface area contributed by atoms with Crippen molar-refractivity contribution in [3.05, 3.63) is 59.2 Å². The molecule has 1 spiro atoms. The van der Waals surface area contributed by atoms with Crippen LogP contribution in [0.15, 0.2) is 42.5 Å². The summed E-state index contributed by atoms with van der Waals surface area (Å²) in [7, 11) is 0. The van der Waals surface area contributed by atoms with Gasteiger partial charge >= 0.3 is 12.1 Å². The Hall–Kier alpha value is -3.01. The number of ether oxygens (including phenoxy) is 2. The van der Waals surface area contributed by atoms with E-state index in [9.17, 15) is 23.5 Å². The van der Waals surface area contributed by atoms with Gasteiger partial charge in [-0.1, -0.05) is 18.2 Å². The molecule has 0 bridgehead atoms. The van der Waals surface area contributed by atoms with Crippen LogP contribution in [0.5, 0.6) is 11.5 Å². The second kappa shape index (κ2) is 10.8. The second-order valence-electron chi connectivity index (χ2n) is 9.62. The van der Waals surface area contributed by atoms with E-state index in [1.54, 1.807) is 12.1 Å². The van der Waals surface area contributed by atoms with Crippen LogP contribution in [-0.4, -0.2) is 67.2 Å². The lowest BCUT2D eigenvalue weighted by atomic mass is 9.76. The predicted molar refractivity (Wildman–Crippen MR) is 136 cm³/mol. The summed E-state index contributed by atoms with van der Waals surface area (Å²) in [6, 6.07) is 7.93. The highest BCUT2D eigenvalue weighted by molar-refractivity contribution is 6.17. The number of para-hydroxylation sites is 1. The van der Waals surface area contributed by atoms with Gasteiger partial charge in [-0.2, -0.15) is 8.78 Å². The Morgan fingerprint density at radius 1 is 1.14 bits per heavy atom. The zero-order valence-corrected chi connectivity index (χ0v) is 21.4. The molecule has 2 aromatic carbocycles. The van der Waals surface area contributed by atoms with Gasteiger partial charge in [0.05, 0.1) is 37.6 Å². The lowest BCUT2D eigenvalue weighted by Crippen LogP contribution is -2.60. The number of alkyl halides is 1. The summed E-state index contributed by atoms with van der Waals surface area (Å²) in [5, 5.41) is 10.1. The van der Waals surface area contributed by atoms with E-state index in [1.807, 2.05) is 30.4 Å². The quantitative estimate of drug-likeness (QED) is 0.261. The van der Waals surface area contributed by atoms with Crippen LogP contribution < -0.4 is 9.64 Å². The van der Waals surface area contributed by atoms with Gasteiger partial charge in [-0.3, -0.25) is 14.5 Å². The topological polar surface area (TPSA) is 79.3 Å². The van der Waals surface area contributed by atoms with Crippen LogP contribution in [0.4, 0.5) is 14.5 Å². The number of hydrogen-bond donors (Lipinski definition) is 1. The molecule has 198 valence electrons. The molecule has 10 heteroatoms. The number of aromatic hydroxyl groups is 1. The van der Waals surface area contributed by atoms with Crippen molar-refractivity contribution in [2.45, 2.75) is 30.9 Å². The zero-order chi connectivity index (χ0) is 26.8. The number of benzene rings is 2. The van der Waals surface area contributed by atoms with Crippen LogP contribution >= 0.6 is 11.6 Å². The fraction of sp³-hybridized carbons (Fsp3) is 0.407. The standard InChI is InChI=1S/C27H29ClF2N2O5/c1-26(2)21-5-3-4-6-22(21)32(10-12-36-11-9-31(16-23(29)34)17-24(30)35)27(26)8-7-18-13-20(33)14-19(15-28)25(18)37-27/h3-8,13-14,33H,9-12,15-17H2,1-2H3. The number of halogens is 3. The lowest BCUT2D eigenvalue weighted by molar-refractivity contribution is -0.133. The number of phenols is 1. The van der Waals surface area contributed by atoms with Crippen molar-refractivity contribution in [2.24, 2.45) is 0 Å². The third kappa shape index (κ3) is 5.21. The summed E-state index contributed by atoms with van der Waals surface area (Å²) in [5.41, 5.74) is 2.06. The summed E-state index contributed by atoms with van der Waals surface area (Å²) < 4.78 is 38.1. The van der Waals surface area contributed by atoms with E-state index >= 15 is 0 Å². The van der Waals surface area contributed by atoms with Crippen LogP contribution in [0.25, 0.3) is 6.08 Å². The molecule has 2 aliphatic rings. The molecular formula is C27H29ClF2N2O5. The number of carbonyl (C=O) groups is 2. The summed E-state index contributed by atoms with van der Waals surface area (Å²) in [5.74, 6) is 0.872. The van der Waals surface area contributed by atoms with Gasteiger partial charge in [0.2, 0.25) is 5.72 Å². The van der Waals surface area contributed by atoms with E-state index in [0.29, 0.717) is 17.9 Å². The number of anilines is 1. The third-order valence-corrected chi connectivity index (χ3v) is 7.23. The first-order valence-electron chi connectivity index (χ1n) is 11.9. The highest BCUT2D eigenvalue weighted by Gasteiger charge is 2.58. The van der Waals surface area contributed by atoms with Gasteiger partial charge in [0.1, 0.15) is 11.5 Å². The Morgan fingerprint density at radius 3 is 2.51 bits per heavy atom. The average molecular weight is 535 g/mol.